The molecule has 1 heterocycles. The molecule has 2 unspecified atom stereocenters. The van der Waals surface area contributed by atoms with Crippen molar-refractivity contribution >= 4 is 34.3 Å². The Morgan fingerprint density at radius 3 is 3.05 bits per heavy atom. The molecule has 3 rings (SSSR count). The van der Waals surface area contributed by atoms with Crippen LogP contribution in [-0.2, 0) is 6.54 Å². The van der Waals surface area contributed by atoms with E-state index in [4.69, 9.17) is 11.6 Å². The van der Waals surface area contributed by atoms with E-state index in [9.17, 15) is 0 Å². The molecule has 1 aliphatic rings. The molecule has 0 amide bonds. The molecule has 0 bridgehead atoms. The standard InChI is InChI=1S/C16H19ClN2S/c1-20-13-6-5-12(9-13)19-10-11-4-7-15(17)14-3-2-8-18-16(11)14/h2-4,7-8,12-13,19H,5-6,9-10H2,1H3. The van der Waals surface area contributed by atoms with E-state index >= 15 is 0 Å². The maximum Gasteiger partial charge on any atom is 0.0761 e. The van der Waals surface area contributed by atoms with Gasteiger partial charge in [-0.1, -0.05) is 17.7 Å². The molecule has 1 aliphatic carbocycles. The van der Waals surface area contributed by atoms with Crippen LogP contribution in [0.2, 0.25) is 5.02 Å². The summed E-state index contributed by atoms with van der Waals surface area (Å²) in [6, 6.07) is 8.67. The van der Waals surface area contributed by atoms with Crippen LogP contribution in [0.4, 0.5) is 0 Å². The smallest absolute Gasteiger partial charge is 0.0761 e. The Kier molecular flexibility index (Phi) is 4.49. The number of pyridine rings is 1. The normalized spacial score (nSPS) is 22.5. The van der Waals surface area contributed by atoms with Crippen molar-refractivity contribution in [1.29, 1.82) is 0 Å². The van der Waals surface area contributed by atoms with E-state index in [1.54, 1.807) is 0 Å². The lowest BCUT2D eigenvalue weighted by molar-refractivity contribution is 0.526. The van der Waals surface area contributed by atoms with Crippen LogP contribution < -0.4 is 5.32 Å². The van der Waals surface area contributed by atoms with E-state index in [-0.39, 0.29) is 0 Å². The number of hydrogen-bond acceptors (Lipinski definition) is 3. The number of nitrogens with zero attached hydrogens (tertiary/aromatic N) is 1. The first-order valence-corrected chi connectivity index (χ1v) is 8.73. The highest BCUT2D eigenvalue weighted by Gasteiger charge is 2.23. The van der Waals surface area contributed by atoms with E-state index in [1.165, 1.54) is 24.8 Å². The van der Waals surface area contributed by atoms with Gasteiger partial charge >= 0.3 is 0 Å². The first-order valence-electron chi connectivity index (χ1n) is 7.06. The predicted octanol–water partition coefficient (Wildman–Crippen LogP) is 4.26. The lowest BCUT2D eigenvalue weighted by atomic mass is 10.1. The summed E-state index contributed by atoms with van der Waals surface area (Å²) < 4.78 is 0. The molecular weight excluding hydrogens is 288 g/mol. The van der Waals surface area contributed by atoms with E-state index in [2.05, 4.69) is 22.6 Å². The van der Waals surface area contributed by atoms with Gasteiger partial charge in [0.2, 0.25) is 0 Å². The number of benzene rings is 1. The Bertz CT molecular complexity index is 602. The zero-order valence-electron chi connectivity index (χ0n) is 11.6. The molecule has 20 heavy (non-hydrogen) atoms. The van der Waals surface area contributed by atoms with Gasteiger partial charge in [0.1, 0.15) is 0 Å². The molecule has 0 radical (unpaired) electrons. The number of hydrogen-bond donors (Lipinski definition) is 1. The van der Waals surface area contributed by atoms with Crippen LogP contribution in [0.3, 0.4) is 0 Å². The van der Waals surface area contributed by atoms with E-state index in [0.717, 1.165) is 27.7 Å². The topological polar surface area (TPSA) is 24.9 Å². The van der Waals surface area contributed by atoms with E-state index in [1.807, 2.05) is 36.2 Å². The Morgan fingerprint density at radius 2 is 2.25 bits per heavy atom. The van der Waals surface area contributed by atoms with Crippen molar-refractivity contribution in [2.45, 2.75) is 37.1 Å². The van der Waals surface area contributed by atoms with Crippen molar-refractivity contribution in [2.75, 3.05) is 6.26 Å². The van der Waals surface area contributed by atoms with Gasteiger partial charge in [0.25, 0.3) is 0 Å². The third-order valence-corrected chi connectivity index (χ3v) is 5.52. The molecule has 4 heteroatoms. The minimum Gasteiger partial charge on any atom is -0.310 e. The zero-order valence-corrected chi connectivity index (χ0v) is 13.2. The lowest BCUT2D eigenvalue weighted by Gasteiger charge is -2.14. The van der Waals surface area contributed by atoms with Gasteiger partial charge < -0.3 is 5.32 Å². The third-order valence-electron chi connectivity index (χ3n) is 4.10. The SMILES string of the molecule is CSC1CCC(NCc2ccc(Cl)c3cccnc23)C1. The number of nitrogens with one attached hydrogen (secondary N) is 1. The largest absolute Gasteiger partial charge is 0.310 e. The van der Waals surface area contributed by atoms with Gasteiger partial charge in [-0.2, -0.15) is 11.8 Å². The van der Waals surface area contributed by atoms with Crippen molar-refractivity contribution in [3.8, 4) is 0 Å². The van der Waals surface area contributed by atoms with Crippen LogP contribution in [0.15, 0.2) is 30.5 Å². The number of aromatic nitrogens is 1. The van der Waals surface area contributed by atoms with Crippen LogP contribution in [0.25, 0.3) is 10.9 Å². The number of rotatable bonds is 4. The summed E-state index contributed by atoms with van der Waals surface area (Å²) in [6.07, 6.45) is 7.94. The highest BCUT2D eigenvalue weighted by Crippen LogP contribution is 2.29. The summed E-state index contributed by atoms with van der Waals surface area (Å²) in [5.41, 5.74) is 2.25. The third kappa shape index (κ3) is 2.95. The van der Waals surface area contributed by atoms with Gasteiger partial charge in [0.15, 0.2) is 0 Å². The Hall–Kier alpha value is -0.770. The molecule has 2 atom stereocenters. The van der Waals surface area contributed by atoms with Gasteiger partial charge in [-0.15, -0.1) is 0 Å². The average molecular weight is 307 g/mol. The maximum absolute atomic E-state index is 6.23. The molecule has 0 spiro atoms. The van der Waals surface area contributed by atoms with Gasteiger partial charge in [0, 0.05) is 34.4 Å². The average Bonchev–Trinajstić information content (AvgIpc) is 2.95. The number of thioether (sulfide) groups is 1. The van der Waals surface area contributed by atoms with Gasteiger partial charge in [-0.25, -0.2) is 0 Å². The van der Waals surface area contributed by atoms with Crippen molar-refractivity contribution in [3.63, 3.8) is 0 Å². The highest BCUT2D eigenvalue weighted by molar-refractivity contribution is 7.99. The van der Waals surface area contributed by atoms with E-state index < -0.39 is 0 Å². The van der Waals surface area contributed by atoms with Gasteiger partial charge in [0.05, 0.1) is 5.52 Å². The predicted molar refractivity (Wildman–Crippen MR) is 88.5 cm³/mol. The second kappa shape index (κ2) is 6.33. The van der Waals surface area contributed by atoms with Crippen LogP contribution in [0.1, 0.15) is 24.8 Å². The van der Waals surface area contributed by atoms with Crippen LogP contribution in [-0.4, -0.2) is 22.5 Å². The molecule has 1 aromatic heterocycles. The summed E-state index contributed by atoms with van der Waals surface area (Å²) in [4.78, 5) is 4.49. The summed E-state index contributed by atoms with van der Waals surface area (Å²) in [6.45, 7) is 0.871. The van der Waals surface area contributed by atoms with Crippen molar-refractivity contribution in [2.24, 2.45) is 0 Å². The maximum atomic E-state index is 6.23. The molecule has 0 saturated heterocycles. The monoisotopic (exact) mass is 306 g/mol. The molecule has 1 saturated carbocycles. The molecule has 2 nitrogen and oxygen atoms in total. The summed E-state index contributed by atoms with van der Waals surface area (Å²) in [5.74, 6) is 0. The quantitative estimate of drug-likeness (QED) is 0.913. The summed E-state index contributed by atoms with van der Waals surface area (Å²) in [5, 5.41) is 6.33. The van der Waals surface area contributed by atoms with Gasteiger partial charge in [-0.05, 0) is 49.3 Å². The van der Waals surface area contributed by atoms with Crippen molar-refractivity contribution < 1.29 is 0 Å². The Morgan fingerprint density at radius 1 is 1.35 bits per heavy atom. The first-order chi connectivity index (χ1) is 9.78. The van der Waals surface area contributed by atoms with Gasteiger partial charge in [-0.3, -0.25) is 4.98 Å². The van der Waals surface area contributed by atoms with Crippen molar-refractivity contribution in [1.82, 2.24) is 10.3 Å². The Balaban J connectivity index is 1.74. The van der Waals surface area contributed by atoms with E-state index in [0.29, 0.717) is 6.04 Å². The fraction of sp³-hybridized carbons (Fsp3) is 0.438. The minimum absolute atomic E-state index is 0.641. The lowest BCUT2D eigenvalue weighted by Crippen LogP contribution is -2.26. The number of fused-ring (bicyclic) bond motifs is 1. The van der Waals surface area contributed by atoms with Crippen LogP contribution in [0, 0.1) is 0 Å². The molecule has 106 valence electrons. The first kappa shape index (κ1) is 14.2. The minimum atomic E-state index is 0.641. The molecule has 1 aromatic carbocycles. The molecule has 0 aliphatic heterocycles. The zero-order chi connectivity index (χ0) is 13.9. The highest BCUT2D eigenvalue weighted by atomic mass is 35.5. The number of halogens is 1. The molecule has 1 fully saturated rings. The molecule has 1 N–H and O–H groups in total. The summed E-state index contributed by atoms with van der Waals surface area (Å²) >= 11 is 8.22. The second-order valence-corrected chi connectivity index (χ2v) is 6.90. The van der Waals surface area contributed by atoms with Crippen LogP contribution in [0.5, 0.6) is 0 Å². The van der Waals surface area contributed by atoms with Crippen LogP contribution >= 0.6 is 23.4 Å². The fourth-order valence-electron chi connectivity index (χ4n) is 2.93. The summed E-state index contributed by atoms with van der Waals surface area (Å²) in [7, 11) is 0. The molecular formula is C16H19ClN2S. The fourth-order valence-corrected chi connectivity index (χ4v) is 3.94. The molecule has 2 aromatic rings. The Labute approximate surface area is 129 Å². The second-order valence-electron chi connectivity index (χ2n) is 5.35. The van der Waals surface area contributed by atoms with Crippen molar-refractivity contribution in [3.05, 3.63) is 41.0 Å².